The summed E-state index contributed by atoms with van der Waals surface area (Å²) >= 11 is 3.35. The van der Waals surface area contributed by atoms with E-state index in [1.54, 1.807) is 17.0 Å². The Kier molecular flexibility index (Phi) is 7.43. The molecule has 21 heavy (non-hydrogen) atoms. The maximum Gasteiger partial charge on any atom is 0.307 e. The number of esters is 1. The van der Waals surface area contributed by atoms with Crippen LogP contribution in [0.4, 0.5) is 0 Å². The van der Waals surface area contributed by atoms with E-state index in [1.807, 2.05) is 12.1 Å². The van der Waals surface area contributed by atoms with Crippen molar-refractivity contribution in [2.24, 2.45) is 5.92 Å². The molecule has 0 atom stereocenters. The van der Waals surface area contributed by atoms with Crippen LogP contribution in [0, 0.1) is 5.92 Å². The van der Waals surface area contributed by atoms with Gasteiger partial charge in [-0.1, -0.05) is 29.8 Å². The fourth-order valence-corrected chi connectivity index (χ4v) is 2.10. The van der Waals surface area contributed by atoms with Crippen molar-refractivity contribution < 1.29 is 14.3 Å². The second-order valence-electron chi connectivity index (χ2n) is 5.31. The number of hydrogen-bond donors (Lipinski definition) is 0. The second kappa shape index (κ2) is 8.82. The van der Waals surface area contributed by atoms with Crippen LogP contribution in [0.25, 0.3) is 0 Å². The third-order valence-electron chi connectivity index (χ3n) is 3.17. The molecule has 0 aliphatic rings. The van der Waals surface area contributed by atoms with Gasteiger partial charge in [0, 0.05) is 23.1 Å². The smallest absolute Gasteiger partial charge is 0.307 e. The Morgan fingerprint density at radius 3 is 2.33 bits per heavy atom. The molecule has 0 radical (unpaired) electrons. The molecule has 4 nitrogen and oxygen atoms in total. The first kappa shape index (κ1) is 17.7. The number of ether oxygens (including phenoxy) is 1. The molecule has 0 saturated heterocycles. The Morgan fingerprint density at radius 1 is 1.19 bits per heavy atom. The summed E-state index contributed by atoms with van der Waals surface area (Å²) in [5, 5.41) is 0. The first-order chi connectivity index (χ1) is 9.93. The molecule has 1 amide bonds. The molecule has 1 aromatic carbocycles. The molecule has 0 N–H and O–H groups in total. The maximum absolute atomic E-state index is 12.5. The molecule has 0 aliphatic carbocycles. The third-order valence-corrected chi connectivity index (χ3v) is 3.70. The Hall–Kier alpha value is -1.36. The van der Waals surface area contributed by atoms with E-state index in [1.165, 1.54) is 7.11 Å². The minimum Gasteiger partial charge on any atom is -0.469 e. The Morgan fingerprint density at radius 2 is 1.81 bits per heavy atom. The van der Waals surface area contributed by atoms with E-state index in [-0.39, 0.29) is 18.3 Å². The molecule has 0 aliphatic heterocycles. The number of methoxy groups -OCH3 is 1. The minimum atomic E-state index is -0.298. The average molecular weight is 356 g/mol. The van der Waals surface area contributed by atoms with Gasteiger partial charge < -0.3 is 9.64 Å². The van der Waals surface area contributed by atoms with Gasteiger partial charge in [-0.15, -0.1) is 0 Å². The molecule has 0 unspecified atom stereocenters. The molecule has 0 heterocycles. The van der Waals surface area contributed by atoms with Crippen molar-refractivity contribution in [1.29, 1.82) is 0 Å². The Balaban J connectivity index is 2.75. The number of halogens is 1. The van der Waals surface area contributed by atoms with Crippen molar-refractivity contribution in [3.8, 4) is 0 Å². The minimum absolute atomic E-state index is 0.0490. The van der Waals surface area contributed by atoms with E-state index in [0.717, 1.165) is 10.9 Å². The highest BCUT2D eigenvalue weighted by atomic mass is 79.9. The van der Waals surface area contributed by atoms with E-state index in [4.69, 9.17) is 0 Å². The van der Waals surface area contributed by atoms with Crippen molar-refractivity contribution in [2.75, 3.05) is 20.2 Å². The number of carbonyl (C=O) groups excluding carboxylic acids is 2. The molecule has 0 saturated carbocycles. The number of hydrogen-bond acceptors (Lipinski definition) is 3. The largest absolute Gasteiger partial charge is 0.469 e. The maximum atomic E-state index is 12.5. The highest BCUT2D eigenvalue weighted by Crippen LogP contribution is 2.14. The lowest BCUT2D eigenvalue weighted by Gasteiger charge is -2.23. The van der Waals surface area contributed by atoms with Gasteiger partial charge in [-0.3, -0.25) is 9.59 Å². The molecule has 0 fully saturated rings. The van der Waals surface area contributed by atoms with Crippen LogP contribution in [0.5, 0.6) is 0 Å². The van der Waals surface area contributed by atoms with E-state index in [0.29, 0.717) is 24.6 Å². The summed E-state index contributed by atoms with van der Waals surface area (Å²) in [7, 11) is 1.36. The number of rotatable bonds is 7. The molecular formula is C16H22BrNO3. The lowest BCUT2D eigenvalue weighted by molar-refractivity contribution is -0.140. The first-order valence-electron chi connectivity index (χ1n) is 7.05. The van der Waals surface area contributed by atoms with Crippen LogP contribution in [0.15, 0.2) is 28.7 Å². The van der Waals surface area contributed by atoms with E-state index >= 15 is 0 Å². The molecule has 0 bridgehead atoms. The van der Waals surface area contributed by atoms with Crippen LogP contribution in [-0.2, 0) is 9.53 Å². The van der Waals surface area contributed by atoms with Crippen molar-refractivity contribution in [2.45, 2.75) is 26.7 Å². The topological polar surface area (TPSA) is 46.6 Å². The summed E-state index contributed by atoms with van der Waals surface area (Å²) in [4.78, 5) is 25.5. The zero-order valence-electron chi connectivity index (χ0n) is 12.8. The molecular weight excluding hydrogens is 334 g/mol. The van der Waals surface area contributed by atoms with Gasteiger partial charge >= 0.3 is 5.97 Å². The summed E-state index contributed by atoms with van der Waals surface area (Å²) in [6.07, 6.45) is 1.13. The lowest BCUT2D eigenvalue weighted by Crippen LogP contribution is -2.34. The van der Waals surface area contributed by atoms with Gasteiger partial charge in [0.25, 0.3) is 5.91 Å². The molecule has 1 rings (SSSR count). The van der Waals surface area contributed by atoms with Crippen LogP contribution in [0.3, 0.4) is 0 Å². The van der Waals surface area contributed by atoms with Crippen molar-refractivity contribution in [1.82, 2.24) is 4.90 Å². The number of amides is 1. The monoisotopic (exact) mass is 355 g/mol. The van der Waals surface area contributed by atoms with Gasteiger partial charge in [-0.05, 0) is 36.6 Å². The zero-order valence-corrected chi connectivity index (χ0v) is 14.4. The standard InChI is InChI=1S/C16H22BrNO3/c1-12(2)8-10-18(11-9-15(19)21-3)16(20)13-4-6-14(17)7-5-13/h4-7,12H,8-11H2,1-3H3. The van der Waals surface area contributed by atoms with Crippen LogP contribution < -0.4 is 0 Å². The first-order valence-corrected chi connectivity index (χ1v) is 7.85. The van der Waals surface area contributed by atoms with Crippen LogP contribution >= 0.6 is 15.9 Å². The predicted molar refractivity (Wildman–Crippen MR) is 86.1 cm³/mol. The van der Waals surface area contributed by atoms with Gasteiger partial charge in [-0.25, -0.2) is 0 Å². The number of carbonyl (C=O) groups is 2. The average Bonchev–Trinajstić information content (AvgIpc) is 2.46. The fraction of sp³-hybridized carbons (Fsp3) is 0.500. The van der Waals surface area contributed by atoms with Crippen molar-refractivity contribution >= 4 is 27.8 Å². The van der Waals surface area contributed by atoms with E-state index < -0.39 is 0 Å². The van der Waals surface area contributed by atoms with Crippen LogP contribution in [0.1, 0.15) is 37.0 Å². The normalized spacial score (nSPS) is 10.5. The summed E-state index contributed by atoms with van der Waals surface area (Å²) in [5.74, 6) is 0.156. The highest BCUT2D eigenvalue weighted by molar-refractivity contribution is 9.10. The second-order valence-corrected chi connectivity index (χ2v) is 6.22. The molecule has 5 heteroatoms. The third kappa shape index (κ3) is 6.29. The van der Waals surface area contributed by atoms with E-state index in [2.05, 4.69) is 34.5 Å². The quantitative estimate of drug-likeness (QED) is 0.703. The van der Waals surface area contributed by atoms with Gasteiger partial charge in [0.2, 0.25) is 0 Å². The van der Waals surface area contributed by atoms with Crippen LogP contribution in [-0.4, -0.2) is 37.0 Å². The molecule has 116 valence electrons. The van der Waals surface area contributed by atoms with Crippen molar-refractivity contribution in [3.63, 3.8) is 0 Å². The lowest BCUT2D eigenvalue weighted by atomic mass is 10.1. The number of nitrogens with zero attached hydrogens (tertiary/aromatic N) is 1. The summed E-state index contributed by atoms with van der Waals surface area (Å²) in [6.45, 7) is 5.25. The summed E-state index contributed by atoms with van der Waals surface area (Å²) in [6, 6.07) is 7.25. The molecule has 0 aromatic heterocycles. The number of benzene rings is 1. The van der Waals surface area contributed by atoms with Gasteiger partial charge in [0.1, 0.15) is 0 Å². The summed E-state index contributed by atoms with van der Waals surface area (Å²) in [5.41, 5.74) is 0.631. The van der Waals surface area contributed by atoms with E-state index in [9.17, 15) is 9.59 Å². The highest BCUT2D eigenvalue weighted by Gasteiger charge is 2.17. The van der Waals surface area contributed by atoms with Gasteiger partial charge in [0.05, 0.1) is 13.5 Å². The molecule has 1 aromatic rings. The fourth-order valence-electron chi connectivity index (χ4n) is 1.83. The predicted octanol–water partition coefficient (Wildman–Crippen LogP) is 3.50. The van der Waals surface area contributed by atoms with Crippen molar-refractivity contribution in [3.05, 3.63) is 34.3 Å². The van der Waals surface area contributed by atoms with Gasteiger partial charge in [-0.2, -0.15) is 0 Å². The Bertz CT molecular complexity index is 471. The van der Waals surface area contributed by atoms with Crippen LogP contribution in [0.2, 0.25) is 0 Å². The summed E-state index contributed by atoms with van der Waals surface area (Å²) < 4.78 is 5.58. The molecule has 0 spiro atoms. The van der Waals surface area contributed by atoms with Gasteiger partial charge in [0.15, 0.2) is 0 Å². The SMILES string of the molecule is COC(=O)CCN(CCC(C)C)C(=O)c1ccc(Br)cc1. The zero-order chi connectivity index (χ0) is 15.8. The Labute approximate surface area is 134 Å².